The summed E-state index contributed by atoms with van der Waals surface area (Å²) in [6.07, 6.45) is 0. The highest BCUT2D eigenvalue weighted by atomic mass is 32.1. The van der Waals surface area contributed by atoms with Crippen molar-refractivity contribution < 1.29 is 0 Å². The monoisotopic (exact) mass is 239 g/mol. The largest absolute Gasteiger partial charge is 0.311 e. The van der Waals surface area contributed by atoms with Crippen LogP contribution in [0.4, 0.5) is 0 Å². The molecule has 1 aromatic rings. The third-order valence-electron chi connectivity index (χ3n) is 3.37. The Bertz CT molecular complexity index is 350. The van der Waals surface area contributed by atoms with Crippen molar-refractivity contribution in [1.82, 2.24) is 15.2 Å². The maximum Gasteiger partial charge on any atom is 0.0898 e. The van der Waals surface area contributed by atoms with Crippen LogP contribution in [-0.4, -0.2) is 35.1 Å². The smallest absolute Gasteiger partial charge is 0.0898 e. The first-order chi connectivity index (χ1) is 7.58. The van der Waals surface area contributed by atoms with Crippen molar-refractivity contribution in [3.05, 3.63) is 16.1 Å². The van der Waals surface area contributed by atoms with Crippen LogP contribution >= 0.6 is 11.3 Å². The molecule has 0 saturated carbocycles. The topological polar surface area (TPSA) is 28.2 Å². The van der Waals surface area contributed by atoms with E-state index in [0.717, 1.165) is 18.1 Å². The van der Waals surface area contributed by atoms with Crippen LogP contribution in [-0.2, 0) is 0 Å². The van der Waals surface area contributed by atoms with Gasteiger partial charge in [-0.1, -0.05) is 0 Å². The van der Waals surface area contributed by atoms with Crippen molar-refractivity contribution in [3.63, 3.8) is 0 Å². The van der Waals surface area contributed by atoms with Gasteiger partial charge in [-0.15, -0.1) is 11.3 Å². The van der Waals surface area contributed by atoms with Gasteiger partial charge in [0.25, 0.3) is 0 Å². The quantitative estimate of drug-likeness (QED) is 0.857. The molecule has 1 saturated heterocycles. The Morgan fingerprint density at radius 2 is 2.31 bits per heavy atom. The Kier molecular flexibility index (Phi) is 3.62. The van der Waals surface area contributed by atoms with E-state index in [9.17, 15) is 0 Å². The van der Waals surface area contributed by atoms with Crippen LogP contribution in [0.1, 0.15) is 37.5 Å². The minimum absolute atomic E-state index is 0.435. The number of nitrogens with one attached hydrogen (secondary N) is 1. The molecular weight excluding hydrogens is 218 g/mol. The second-order valence-corrected chi connectivity index (χ2v) is 5.88. The molecular formula is C12H21N3S. The molecule has 3 nitrogen and oxygen atoms in total. The maximum absolute atomic E-state index is 4.60. The number of nitrogens with zero attached hydrogens (tertiary/aromatic N) is 2. The summed E-state index contributed by atoms with van der Waals surface area (Å²) in [6.45, 7) is 11.1. The van der Waals surface area contributed by atoms with Crippen molar-refractivity contribution in [2.75, 3.05) is 13.1 Å². The summed E-state index contributed by atoms with van der Waals surface area (Å²) >= 11 is 1.75. The minimum atomic E-state index is 0.435. The molecule has 0 amide bonds. The van der Waals surface area contributed by atoms with Gasteiger partial charge in [0.2, 0.25) is 0 Å². The van der Waals surface area contributed by atoms with E-state index in [-0.39, 0.29) is 0 Å². The second kappa shape index (κ2) is 4.82. The first-order valence-corrected chi connectivity index (χ1v) is 6.87. The summed E-state index contributed by atoms with van der Waals surface area (Å²) in [4.78, 5) is 7.15. The SMILES string of the molecule is Cc1nc(C(C)N2CC(C)NCC2C)cs1. The van der Waals surface area contributed by atoms with Gasteiger partial charge in [-0.3, -0.25) is 4.90 Å². The van der Waals surface area contributed by atoms with Crippen molar-refractivity contribution in [1.29, 1.82) is 0 Å². The second-order valence-electron chi connectivity index (χ2n) is 4.82. The molecule has 0 aliphatic carbocycles. The van der Waals surface area contributed by atoms with Crippen LogP contribution < -0.4 is 5.32 Å². The lowest BCUT2D eigenvalue weighted by Crippen LogP contribution is -2.54. The van der Waals surface area contributed by atoms with E-state index >= 15 is 0 Å². The summed E-state index contributed by atoms with van der Waals surface area (Å²) in [5, 5.41) is 6.87. The predicted molar refractivity (Wildman–Crippen MR) is 68.9 cm³/mol. The van der Waals surface area contributed by atoms with E-state index in [1.807, 2.05) is 0 Å². The van der Waals surface area contributed by atoms with Gasteiger partial charge in [0.15, 0.2) is 0 Å². The zero-order chi connectivity index (χ0) is 11.7. The molecule has 1 aliphatic heterocycles. The first kappa shape index (κ1) is 12.0. The van der Waals surface area contributed by atoms with Gasteiger partial charge in [-0.25, -0.2) is 4.98 Å². The third kappa shape index (κ3) is 2.44. The van der Waals surface area contributed by atoms with Crippen LogP contribution in [0.5, 0.6) is 0 Å². The molecule has 1 aromatic heterocycles. The van der Waals surface area contributed by atoms with Crippen LogP contribution in [0.3, 0.4) is 0 Å². The molecule has 90 valence electrons. The lowest BCUT2D eigenvalue weighted by molar-refractivity contribution is 0.102. The lowest BCUT2D eigenvalue weighted by atomic mass is 10.1. The number of aromatic nitrogens is 1. The molecule has 1 fully saturated rings. The lowest BCUT2D eigenvalue weighted by Gasteiger charge is -2.40. The Morgan fingerprint density at radius 1 is 1.56 bits per heavy atom. The van der Waals surface area contributed by atoms with Gasteiger partial charge in [0, 0.05) is 30.6 Å². The fourth-order valence-electron chi connectivity index (χ4n) is 2.33. The Balaban J connectivity index is 2.10. The zero-order valence-corrected chi connectivity index (χ0v) is 11.3. The van der Waals surface area contributed by atoms with E-state index in [0.29, 0.717) is 18.1 Å². The van der Waals surface area contributed by atoms with Gasteiger partial charge in [0.05, 0.1) is 16.7 Å². The van der Waals surface area contributed by atoms with Crippen molar-refractivity contribution in [2.24, 2.45) is 0 Å². The molecule has 16 heavy (non-hydrogen) atoms. The molecule has 0 radical (unpaired) electrons. The van der Waals surface area contributed by atoms with Gasteiger partial charge in [-0.2, -0.15) is 0 Å². The Hall–Kier alpha value is -0.450. The van der Waals surface area contributed by atoms with Crippen LogP contribution in [0, 0.1) is 6.92 Å². The first-order valence-electron chi connectivity index (χ1n) is 5.99. The van der Waals surface area contributed by atoms with Crippen molar-refractivity contribution >= 4 is 11.3 Å². The minimum Gasteiger partial charge on any atom is -0.311 e. The fraction of sp³-hybridized carbons (Fsp3) is 0.750. The standard InChI is InChI=1S/C12H21N3S/c1-8-6-15(9(2)5-13-8)10(3)12-7-16-11(4)14-12/h7-10,13H,5-6H2,1-4H3. The Labute approximate surface area is 102 Å². The van der Waals surface area contributed by atoms with E-state index in [2.05, 4.69) is 48.3 Å². The Morgan fingerprint density at radius 3 is 2.94 bits per heavy atom. The molecule has 0 bridgehead atoms. The normalized spacial score (nSPS) is 29.2. The molecule has 2 rings (SSSR count). The number of hydrogen-bond donors (Lipinski definition) is 1. The number of rotatable bonds is 2. The summed E-state index contributed by atoms with van der Waals surface area (Å²) in [5.74, 6) is 0. The molecule has 3 atom stereocenters. The number of thiazole rings is 1. The van der Waals surface area contributed by atoms with E-state index in [1.54, 1.807) is 11.3 Å². The van der Waals surface area contributed by atoms with Crippen LogP contribution in [0.15, 0.2) is 5.38 Å². The molecule has 2 heterocycles. The number of piperazine rings is 1. The fourth-order valence-corrected chi connectivity index (χ4v) is 3.03. The van der Waals surface area contributed by atoms with Crippen LogP contribution in [0.25, 0.3) is 0 Å². The molecule has 1 aliphatic rings. The molecule has 4 heteroatoms. The van der Waals surface area contributed by atoms with Gasteiger partial charge in [-0.05, 0) is 27.7 Å². The van der Waals surface area contributed by atoms with Crippen LogP contribution in [0.2, 0.25) is 0 Å². The average Bonchev–Trinajstić information content (AvgIpc) is 2.67. The van der Waals surface area contributed by atoms with E-state index in [4.69, 9.17) is 0 Å². The summed E-state index contributed by atoms with van der Waals surface area (Å²) in [6, 6.07) is 1.61. The van der Waals surface area contributed by atoms with Gasteiger partial charge in [0.1, 0.15) is 0 Å². The van der Waals surface area contributed by atoms with E-state index < -0.39 is 0 Å². The summed E-state index contributed by atoms with van der Waals surface area (Å²) in [7, 11) is 0. The third-order valence-corrected chi connectivity index (χ3v) is 4.17. The average molecular weight is 239 g/mol. The highest BCUT2D eigenvalue weighted by Gasteiger charge is 2.28. The zero-order valence-electron chi connectivity index (χ0n) is 10.5. The van der Waals surface area contributed by atoms with E-state index in [1.165, 1.54) is 5.69 Å². The summed E-state index contributed by atoms with van der Waals surface area (Å²) in [5.41, 5.74) is 1.23. The highest BCUT2D eigenvalue weighted by molar-refractivity contribution is 7.09. The summed E-state index contributed by atoms with van der Waals surface area (Å²) < 4.78 is 0. The highest BCUT2D eigenvalue weighted by Crippen LogP contribution is 2.25. The molecule has 0 spiro atoms. The number of aryl methyl sites for hydroxylation is 1. The molecule has 1 N–H and O–H groups in total. The van der Waals surface area contributed by atoms with Crippen molar-refractivity contribution in [3.8, 4) is 0 Å². The predicted octanol–water partition coefficient (Wildman–Crippen LogP) is 2.19. The van der Waals surface area contributed by atoms with Gasteiger partial charge < -0.3 is 5.32 Å². The van der Waals surface area contributed by atoms with Crippen molar-refractivity contribution in [2.45, 2.75) is 45.8 Å². The number of hydrogen-bond acceptors (Lipinski definition) is 4. The van der Waals surface area contributed by atoms with Gasteiger partial charge >= 0.3 is 0 Å². The molecule has 0 aromatic carbocycles. The molecule has 3 unspecified atom stereocenters. The maximum atomic E-state index is 4.60.